The Kier molecular flexibility index (Phi) is 15.6. The molecular weight excluding hydrogens is 278 g/mol. The largest absolute Gasteiger partial charge is 4.00 e. The Morgan fingerprint density at radius 2 is 1.11 bits per heavy atom. The number of allylic oxidation sites excluding steroid dienone is 8. The van der Waals surface area contributed by atoms with E-state index in [0.717, 1.165) is 12.8 Å². The van der Waals surface area contributed by atoms with Gasteiger partial charge in [-0.2, -0.15) is 12.2 Å². The molecule has 0 radical (unpaired) electrons. The minimum absolute atomic E-state index is 0. The standard InChI is InChI=1S/2C8H11.2FH.Ti/c2*1-7(2)8-5-3-4-6-8;;;/h2*3,5,7H,4H2,1-2H3;2*1H;/q2*-1;;;+4/p-2. The van der Waals surface area contributed by atoms with Crippen LogP contribution in [0.25, 0.3) is 0 Å². The fourth-order valence-electron chi connectivity index (χ4n) is 1.64. The predicted octanol–water partition coefficient (Wildman–Crippen LogP) is -1.33. The van der Waals surface area contributed by atoms with Crippen molar-refractivity contribution < 1.29 is 31.1 Å². The molecule has 104 valence electrons. The maximum Gasteiger partial charge on any atom is 4.00 e. The molecule has 0 nitrogen and oxygen atoms in total. The number of rotatable bonds is 2. The van der Waals surface area contributed by atoms with Gasteiger partial charge in [-0.15, -0.1) is 12.8 Å². The molecule has 2 rings (SSSR count). The second-order valence-corrected chi connectivity index (χ2v) is 4.79. The van der Waals surface area contributed by atoms with E-state index in [0.29, 0.717) is 11.8 Å². The van der Waals surface area contributed by atoms with Gasteiger partial charge in [0.2, 0.25) is 0 Å². The Morgan fingerprint density at radius 3 is 1.21 bits per heavy atom. The van der Waals surface area contributed by atoms with E-state index >= 15 is 0 Å². The van der Waals surface area contributed by atoms with E-state index in [-0.39, 0.29) is 31.1 Å². The zero-order valence-corrected chi connectivity index (χ0v) is 13.7. The van der Waals surface area contributed by atoms with E-state index in [4.69, 9.17) is 0 Å². The van der Waals surface area contributed by atoms with Gasteiger partial charge in [0, 0.05) is 0 Å². The Hall–Kier alpha value is -0.466. The molecule has 2 aliphatic carbocycles. The van der Waals surface area contributed by atoms with Gasteiger partial charge in [0.05, 0.1) is 0 Å². The summed E-state index contributed by atoms with van der Waals surface area (Å²) in [6.07, 6.45) is 17.2. The average Bonchev–Trinajstić information content (AvgIpc) is 2.93. The minimum atomic E-state index is 0. The molecular formula is C16H22F2Ti. The maximum absolute atomic E-state index is 3.26. The molecule has 0 saturated carbocycles. The number of hydrogen-bond acceptors (Lipinski definition) is 0. The van der Waals surface area contributed by atoms with Crippen molar-refractivity contribution in [3.63, 3.8) is 0 Å². The van der Waals surface area contributed by atoms with Gasteiger partial charge in [0.15, 0.2) is 0 Å². The number of hydrogen-bond donors (Lipinski definition) is 0. The summed E-state index contributed by atoms with van der Waals surface area (Å²) >= 11 is 0. The molecule has 0 aliphatic heterocycles. The smallest absolute Gasteiger partial charge is 1.00 e. The molecule has 0 fully saturated rings. The van der Waals surface area contributed by atoms with Crippen LogP contribution in [0, 0.1) is 24.0 Å². The topological polar surface area (TPSA) is 0 Å². The average molecular weight is 300 g/mol. The van der Waals surface area contributed by atoms with E-state index in [1.54, 1.807) is 0 Å². The van der Waals surface area contributed by atoms with Gasteiger partial charge >= 0.3 is 21.7 Å². The Balaban J connectivity index is -0.000000233. The van der Waals surface area contributed by atoms with Crippen LogP contribution in [-0.2, 0) is 21.7 Å². The van der Waals surface area contributed by atoms with Crippen molar-refractivity contribution in [3.05, 3.63) is 47.6 Å². The Labute approximate surface area is 131 Å². The SMILES string of the molecule is CC(C)C1=[C-]CC=C1.CC(C)C1=[C-]CC=C1.[F-].[F-].[Ti+4]. The first-order chi connectivity index (χ1) is 7.61. The van der Waals surface area contributed by atoms with E-state index in [9.17, 15) is 0 Å². The van der Waals surface area contributed by atoms with Crippen LogP contribution in [0.5, 0.6) is 0 Å². The van der Waals surface area contributed by atoms with Crippen molar-refractivity contribution in [1.82, 2.24) is 0 Å². The second-order valence-electron chi connectivity index (χ2n) is 4.79. The fourth-order valence-corrected chi connectivity index (χ4v) is 1.64. The second kappa shape index (κ2) is 12.6. The molecule has 0 aromatic rings. The van der Waals surface area contributed by atoms with Gasteiger partial charge in [-0.25, -0.2) is 23.3 Å². The normalized spacial score (nSPS) is 14.8. The monoisotopic (exact) mass is 300 g/mol. The molecule has 0 atom stereocenters. The molecule has 0 aromatic carbocycles. The summed E-state index contributed by atoms with van der Waals surface area (Å²) in [5, 5.41) is 0. The molecule has 3 heteroatoms. The Morgan fingerprint density at radius 1 is 0.789 bits per heavy atom. The summed E-state index contributed by atoms with van der Waals surface area (Å²) in [4.78, 5) is 0. The zero-order valence-electron chi connectivity index (χ0n) is 12.1. The molecule has 2 aliphatic rings. The molecule has 0 heterocycles. The van der Waals surface area contributed by atoms with Crippen molar-refractivity contribution in [2.24, 2.45) is 11.8 Å². The van der Waals surface area contributed by atoms with Crippen molar-refractivity contribution in [2.75, 3.05) is 0 Å². The predicted molar refractivity (Wildman–Crippen MR) is 70.7 cm³/mol. The molecule has 0 saturated heterocycles. The van der Waals surface area contributed by atoms with Gasteiger partial charge in [0.25, 0.3) is 0 Å². The molecule has 0 unspecified atom stereocenters. The summed E-state index contributed by atoms with van der Waals surface area (Å²) in [5.41, 5.74) is 2.73. The van der Waals surface area contributed by atoms with E-state index < -0.39 is 0 Å². The third kappa shape index (κ3) is 9.12. The minimum Gasteiger partial charge on any atom is -1.00 e. The van der Waals surface area contributed by atoms with Gasteiger partial charge in [0.1, 0.15) is 0 Å². The van der Waals surface area contributed by atoms with Crippen LogP contribution in [0.3, 0.4) is 0 Å². The summed E-state index contributed by atoms with van der Waals surface area (Å²) < 4.78 is 0. The van der Waals surface area contributed by atoms with Crippen molar-refractivity contribution in [3.8, 4) is 0 Å². The Bertz CT molecular complexity index is 303. The summed E-state index contributed by atoms with van der Waals surface area (Å²) in [5.74, 6) is 1.32. The first-order valence-electron chi connectivity index (χ1n) is 6.15. The third-order valence-electron chi connectivity index (χ3n) is 2.69. The van der Waals surface area contributed by atoms with Crippen LogP contribution in [0.2, 0.25) is 0 Å². The van der Waals surface area contributed by atoms with Crippen molar-refractivity contribution >= 4 is 0 Å². The van der Waals surface area contributed by atoms with Crippen LogP contribution in [0.4, 0.5) is 0 Å². The van der Waals surface area contributed by atoms with Crippen LogP contribution in [0.15, 0.2) is 35.5 Å². The molecule has 0 spiro atoms. The van der Waals surface area contributed by atoms with Crippen LogP contribution in [-0.4, -0.2) is 0 Å². The quantitative estimate of drug-likeness (QED) is 0.438. The molecule has 0 amide bonds. The van der Waals surface area contributed by atoms with Gasteiger partial charge in [-0.1, -0.05) is 39.5 Å². The zero-order chi connectivity index (χ0) is 12.0. The van der Waals surface area contributed by atoms with Crippen molar-refractivity contribution in [1.29, 1.82) is 0 Å². The first-order valence-corrected chi connectivity index (χ1v) is 6.15. The van der Waals surface area contributed by atoms with Gasteiger partial charge in [-0.05, 0) is 0 Å². The van der Waals surface area contributed by atoms with Crippen LogP contribution < -0.4 is 9.41 Å². The van der Waals surface area contributed by atoms with E-state index in [1.807, 2.05) is 0 Å². The van der Waals surface area contributed by atoms with E-state index in [2.05, 4.69) is 64.2 Å². The van der Waals surface area contributed by atoms with Gasteiger partial charge < -0.3 is 9.41 Å². The maximum atomic E-state index is 3.26. The molecule has 0 bridgehead atoms. The summed E-state index contributed by atoms with van der Waals surface area (Å²) in [6, 6.07) is 0. The summed E-state index contributed by atoms with van der Waals surface area (Å²) in [7, 11) is 0. The fraction of sp³-hybridized carbons (Fsp3) is 0.500. The summed E-state index contributed by atoms with van der Waals surface area (Å²) in [6.45, 7) is 8.77. The number of halogens is 2. The molecule has 19 heavy (non-hydrogen) atoms. The first kappa shape index (κ1) is 23.6. The molecule has 0 N–H and O–H groups in total. The van der Waals surface area contributed by atoms with Crippen molar-refractivity contribution in [2.45, 2.75) is 40.5 Å². The molecule has 0 aromatic heterocycles. The van der Waals surface area contributed by atoms with Crippen LogP contribution >= 0.6 is 0 Å². The van der Waals surface area contributed by atoms with Crippen LogP contribution in [0.1, 0.15) is 40.5 Å². The third-order valence-corrected chi connectivity index (χ3v) is 2.69. The van der Waals surface area contributed by atoms with Gasteiger partial charge in [-0.3, -0.25) is 12.2 Å². The van der Waals surface area contributed by atoms with E-state index in [1.165, 1.54) is 11.1 Å².